The molecule has 5 aromatic carbocycles. The van der Waals surface area contributed by atoms with Gasteiger partial charge in [-0.1, -0.05) is 330 Å². The minimum Gasteiger partial charge on any atom is -0.405 e. The van der Waals surface area contributed by atoms with E-state index in [1.165, 1.54) is 154 Å². The van der Waals surface area contributed by atoms with E-state index in [0.29, 0.717) is 70.9 Å². The van der Waals surface area contributed by atoms with Crippen molar-refractivity contribution >= 4 is 68.2 Å². The Kier molecular flexibility index (Phi) is 66.5. The third-order valence-electron chi connectivity index (χ3n) is 19.6. The van der Waals surface area contributed by atoms with Crippen molar-refractivity contribution in [3.05, 3.63) is 251 Å². The van der Waals surface area contributed by atoms with Crippen molar-refractivity contribution in [3.8, 4) is 23.7 Å². The van der Waals surface area contributed by atoms with Crippen molar-refractivity contribution in [2.45, 2.75) is 251 Å². The third-order valence-corrected chi connectivity index (χ3v) is 31.0. The largest absolute Gasteiger partial charge is 2.00 e. The summed E-state index contributed by atoms with van der Waals surface area (Å²) in [5.74, 6) is 9.47. The molecule has 3 heterocycles. The maximum Gasteiger partial charge on any atom is 2.00 e. The standard InChI is InChI=1S/C37H25BF2N2.4C12H27P.2C8H5.2Pt/c1-5-31-26(3)36-35(30-20-14-9-15-21-30)37-27(4)32(6-2)34(25-23-29-18-12-8-13-19-29)42(37)38(39,40)41(36)33(31)24-22-28-16-10-7-11-17-28;4*1-4-7-10-13(11-8-5-2)12-9-6-3;2*1-2-8-6-4-3-5-7-8;;/h7-25H,3-4H3;4*4-12H2,1-3H3;2*3-7H;;/q-2;;;;;2*-1;2*+2/b24-22+,25-23+;;;;;;;;. The summed E-state index contributed by atoms with van der Waals surface area (Å²) in [6, 6.07) is 47.1. The molecule has 8 rings (SSSR count). The number of hydrogen-bond acceptors (Lipinski definition) is 0. The quantitative estimate of drug-likeness (QED) is 0.0156. The van der Waals surface area contributed by atoms with Crippen molar-refractivity contribution in [2.24, 2.45) is 0 Å². The molecular weight excluding hydrogens is 1800 g/mol. The number of benzene rings is 5. The molecule has 2 aliphatic heterocycles. The van der Waals surface area contributed by atoms with E-state index in [2.05, 4.69) is 107 Å². The average Bonchev–Trinajstić information content (AvgIpc) is 1.52. The monoisotopic (exact) mass is 1950 g/mol. The molecule has 0 atom stereocenters. The SMILES string of the molecule is CCCCP(CCCC)CCCC.CCCCP(CCCC)CCCC.CCCCP(CCCC)CCCC.CCCCP(CCCC)CCCC.[C-]#CC1=C(C)C2=C(c3ccccc3)c3c(C)c(C#[C-])c(/C=C/c4ccccc4)n3[B-](F)(F)[N+]2=C1/C=C/c1ccccc1.[C-]#Cc1ccccc1.[C-]#Cc1ccccc1.[Pt+2].[Pt+2]. The van der Waals surface area contributed by atoms with Gasteiger partial charge in [0.1, 0.15) is 0 Å². The fourth-order valence-corrected chi connectivity index (χ4v) is 24.8. The van der Waals surface area contributed by atoms with Gasteiger partial charge in [0.25, 0.3) is 0 Å². The molecule has 0 aliphatic carbocycles. The Morgan fingerprint density at radius 3 is 0.875 bits per heavy atom. The molecule has 0 bridgehead atoms. The number of halogens is 2. The van der Waals surface area contributed by atoms with Crippen LogP contribution in [-0.4, -0.2) is 95.6 Å². The number of hydrogen-bond donors (Lipinski definition) is 0. The van der Waals surface area contributed by atoms with Crippen LogP contribution >= 0.6 is 31.7 Å². The summed E-state index contributed by atoms with van der Waals surface area (Å²) in [6.45, 7) is 26.8. The van der Waals surface area contributed by atoms with Gasteiger partial charge in [0.2, 0.25) is 0 Å². The Morgan fingerprint density at radius 2 is 0.625 bits per heavy atom. The van der Waals surface area contributed by atoms with Gasteiger partial charge in [0, 0.05) is 5.69 Å². The van der Waals surface area contributed by atoms with E-state index in [1.807, 2.05) is 152 Å². The number of aromatic nitrogens is 1. The van der Waals surface area contributed by atoms with Gasteiger partial charge in [0.05, 0.1) is 11.3 Å². The second kappa shape index (κ2) is 69.4. The van der Waals surface area contributed by atoms with Crippen molar-refractivity contribution in [3.63, 3.8) is 0 Å². The molecule has 0 saturated heterocycles. The van der Waals surface area contributed by atoms with Crippen LogP contribution < -0.4 is 0 Å². The first kappa shape index (κ1) is 107. The summed E-state index contributed by atoms with van der Waals surface area (Å²) >= 11 is 0. The molecule has 0 amide bonds. The molecule has 0 N–H and O–H groups in total. The van der Waals surface area contributed by atoms with Crippen LogP contribution in [0.4, 0.5) is 8.63 Å². The molecule has 0 unspecified atom stereocenters. The zero-order valence-electron chi connectivity index (χ0n) is 71.8. The fourth-order valence-electron chi connectivity index (χ4n) is 12.9. The van der Waals surface area contributed by atoms with E-state index < -0.39 is 6.97 Å². The first-order chi connectivity index (χ1) is 53.6. The topological polar surface area (TPSA) is 7.94 Å². The van der Waals surface area contributed by atoms with Crippen LogP contribution in [0.15, 0.2) is 175 Å². The van der Waals surface area contributed by atoms with Crippen molar-refractivity contribution in [1.29, 1.82) is 0 Å². The molecule has 2 aliphatic rings. The molecule has 2 nitrogen and oxygen atoms in total. The zero-order valence-corrected chi connectivity index (χ0v) is 80.0. The summed E-state index contributed by atoms with van der Waals surface area (Å²) in [5, 5.41) is 0. The smallest absolute Gasteiger partial charge is 0.405 e. The van der Waals surface area contributed by atoms with Gasteiger partial charge in [-0.05, 0) is 186 Å². The first-order valence-corrected chi connectivity index (χ1v) is 50.3. The van der Waals surface area contributed by atoms with Gasteiger partial charge in [-0.2, -0.15) is 0 Å². The van der Waals surface area contributed by atoms with E-state index in [-0.39, 0.29) is 53.5 Å². The molecule has 1 aromatic heterocycles. The van der Waals surface area contributed by atoms with E-state index in [0.717, 1.165) is 36.8 Å². The molecule has 0 radical (unpaired) electrons. The van der Waals surface area contributed by atoms with Gasteiger partial charge >= 0.3 is 49.1 Å². The van der Waals surface area contributed by atoms with Gasteiger partial charge in [-0.3, -0.25) is 23.7 Å². The van der Waals surface area contributed by atoms with Crippen LogP contribution in [0.5, 0.6) is 0 Å². The minimum atomic E-state index is -4.48. The van der Waals surface area contributed by atoms with Crippen molar-refractivity contribution in [1.82, 2.24) is 4.48 Å². The summed E-state index contributed by atoms with van der Waals surface area (Å²) in [7, 11) is 1.69. The Balaban J connectivity index is 0.00000145. The van der Waals surface area contributed by atoms with Gasteiger partial charge in [-0.15, -0.1) is 72.6 Å². The maximum absolute atomic E-state index is 17.2. The molecular formula is C101H143BF2N2P4Pt2. The fraction of sp³-hybridized carbons (Fsp3) is 0.495. The summed E-state index contributed by atoms with van der Waals surface area (Å²) in [6.07, 6.45) is 89.3. The Labute approximate surface area is 721 Å². The van der Waals surface area contributed by atoms with Crippen molar-refractivity contribution < 1.29 is 55.2 Å². The van der Waals surface area contributed by atoms with Crippen LogP contribution in [0, 0.1) is 56.3 Å². The van der Waals surface area contributed by atoms with Crippen LogP contribution in [0.2, 0.25) is 0 Å². The number of nitrogens with zero attached hydrogens (tertiary/aromatic N) is 2. The summed E-state index contributed by atoms with van der Waals surface area (Å²) in [5.41, 5.74) is 7.56. The number of unbranched alkanes of at least 4 members (excludes halogenated alkanes) is 12. The van der Waals surface area contributed by atoms with Gasteiger partial charge < -0.3 is 43.3 Å². The number of fused-ring (bicyclic) bond motifs is 2. The first-order valence-electron chi connectivity index (χ1n) is 42.8. The Morgan fingerprint density at radius 1 is 0.357 bits per heavy atom. The van der Waals surface area contributed by atoms with Crippen LogP contribution in [0.3, 0.4) is 0 Å². The molecule has 11 heteroatoms. The van der Waals surface area contributed by atoms with E-state index >= 15 is 8.63 Å². The molecule has 112 heavy (non-hydrogen) atoms. The number of allylic oxidation sites excluding steroid dienone is 3. The van der Waals surface area contributed by atoms with Crippen molar-refractivity contribution in [2.75, 3.05) is 73.9 Å². The van der Waals surface area contributed by atoms with E-state index in [9.17, 15) is 0 Å². The van der Waals surface area contributed by atoms with Crippen LogP contribution in [-0.2, 0) is 42.1 Å². The molecule has 614 valence electrons. The van der Waals surface area contributed by atoms with Crippen LogP contribution in [0.1, 0.15) is 294 Å². The average molecular weight is 1950 g/mol. The Hall–Kier alpha value is -4.73. The zero-order chi connectivity index (χ0) is 80.8. The second-order valence-electron chi connectivity index (χ2n) is 28.9. The maximum atomic E-state index is 17.2. The predicted octanol–water partition coefficient (Wildman–Crippen LogP) is 30.7. The molecule has 6 aromatic rings. The number of rotatable bonds is 41. The summed E-state index contributed by atoms with van der Waals surface area (Å²) < 4.78 is 36.6. The Bertz CT molecular complexity index is 3470. The minimum absolute atomic E-state index is 0. The second-order valence-corrected chi connectivity index (χ2v) is 39.6. The van der Waals surface area contributed by atoms with Crippen LogP contribution in [0.25, 0.3) is 23.8 Å². The summed E-state index contributed by atoms with van der Waals surface area (Å²) in [4.78, 5) is 0. The van der Waals surface area contributed by atoms with Gasteiger partial charge in [0.15, 0.2) is 5.70 Å². The molecule has 0 spiro atoms. The van der Waals surface area contributed by atoms with E-state index in [1.54, 1.807) is 112 Å². The predicted molar refractivity (Wildman–Crippen MR) is 498 cm³/mol. The normalized spacial score (nSPS) is 12.2. The molecule has 0 fully saturated rings. The van der Waals surface area contributed by atoms with E-state index in [4.69, 9.17) is 25.7 Å². The van der Waals surface area contributed by atoms with Gasteiger partial charge in [-0.25, -0.2) is 0 Å². The molecule has 0 saturated carbocycles. The third kappa shape index (κ3) is 41.9.